The van der Waals surface area contributed by atoms with Crippen molar-refractivity contribution in [3.8, 4) is 0 Å². The maximum atomic E-state index is 11.3. The van der Waals surface area contributed by atoms with E-state index in [9.17, 15) is 9.90 Å². The molecule has 8 heteroatoms. The molecule has 0 bridgehead atoms. The SMILES string of the molecule is O=C(O)c1ccc2c(c1)NC1(CCSCC1)C(NCCc1ccc(Cl)c(Cl)c1)=N2. The van der Waals surface area contributed by atoms with E-state index in [2.05, 4.69) is 10.6 Å². The molecule has 29 heavy (non-hydrogen) atoms. The van der Waals surface area contributed by atoms with Crippen LogP contribution in [0.4, 0.5) is 11.4 Å². The maximum Gasteiger partial charge on any atom is 0.335 e. The number of carboxylic acid groups (broad SMARTS) is 1. The minimum atomic E-state index is -0.933. The van der Waals surface area contributed by atoms with Gasteiger partial charge in [-0.15, -0.1) is 0 Å². The van der Waals surface area contributed by atoms with Crippen LogP contribution in [-0.2, 0) is 6.42 Å². The maximum absolute atomic E-state index is 11.3. The summed E-state index contributed by atoms with van der Waals surface area (Å²) in [6, 6.07) is 10.7. The summed E-state index contributed by atoms with van der Waals surface area (Å²) in [6.07, 6.45) is 2.67. The van der Waals surface area contributed by atoms with Crippen molar-refractivity contribution in [3.05, 3.63) is 57.6 Å². The van der Waals surface area contributed by atoms with Crippen molar-refractivity contribution < 1.29 is 9.90 Å². The lowest BCUT2D eigenvalue weighted by Crippen LogP contribution is -2.56. The lowest BCUT2D eigenvalue weighted by molar-refractivity contribution is 0.0697. The molecule has 0 saturated carbocycles. The highest BCUT2D eigenvalue weighted by Gasteiger charge is 2.40. The highest BCUT2D eigenvalue weighted by Crippen LogP contribution is 2.40. The molecule has 1 fully saturated rings. The fraction of sp³-hybridized carbons (Fsp3) is 0.333. The summed E-state index contributed by atoms with van der Waals surface area (Å²) < 4.78 is 0. The third-order valence-electron chi connectivity index (χ3n) is 5.34. The Morgan fingerprint density at radius 1 is 1.17 bits per heavy atom. The third kappa shape index (κ3) is 4.34. The van der Waals surface area contributed by atoms with Crippen molar-refractivity contribution in [1.29, 1.82) is 0 Å². The number of nitrogens with zero attached hydrogens (tertiary/aromatic N) is 1. The minimum Gasteiger partial charge on any atom is -0.478 e. The zero-order valence-electron chi connectivity index (χ0n) is 15.7. The van der Waals surface area contributed by atoms with Crippen molar-refractivity contribution in [2.24, 2.45) is 4.99 Å². The number of hydrogen-bond donors (Lipinski definition) is 3. The summed E-state index contributed by atoms with van der Waals surface area (Å²) in [6.45, 7) is 0.718. The molecule has 1 spiro atoms. The van der Waals surface area contributed by atoms with Crippen LogP contribution in [-0.4, -0.2) is 40.5 Å². The molecule has 2 aromatic rings. The first-order valence-corrected chi connectivity index (χ1v) is 11.4. The van der Waals surface area contributed by atoms with Gasteiger partial charge in [-0.25, -0.2) is 9.79 Å². The second-order valence-corrected chi connectivity index (χ2v) is 9.28. The van der Waals surface area contributed by atoms with Gasteiger partial charge in [0.1, 0.15) is 5.84 Å². The molecular weight excluding hydrogens is 429 g/mol. The third-order valence-corrected chi connectivity index (χ3v) is 7.06. The first-order chi connectivity index (χ1) is 14.0. The molecule has 2 aromatic carbocycles. The number of halogens is 2. The number of aromatic carboxylic acids is 1. The molecule has 0 amide bonds. The van der Waals surface area contributed by atoms with E-state index < -0.39 is 5.97 Å². The Kier molecular flexibility index (Phi) is 5.95. The Morgan fingerprint density at radius 3 is 2.69 bits per heavy atom. The molecule has 2 heterocycles. The van der Waals surface area contributed by atoms with Gasteiger partial charge in [0.05, 0.1) is 32.5 Å². The van der Waals surface area contributed by atoms with Gasteiger partial charge >= 0.3 is 5.97 Å². The quantitative estimate of drug-likeness (QED) is 0.594. The van der Waals surface area contributed by atoms with Gasteiger partial charge in [-0.3, -0.25) is 0 Å². The van der Waals surface area contributed by atoms with Crippen molar-refractivity contribution in [2.75, 3.05) is 23.4 Å². The van der Waals surface area contributed by atoms with E-state index in [0.29, 0.717) is 10.0 Å². The molecule has 0 unspecified atom stereocenters. The number of anilines is 1. The Hall–Kier alpha value is -1.89. The van der Waals surface area contributed by atoms with E-state index in [1.54, 1.807) is 18.2 Å². The Morgan fingerprint density at radius 2 is 1.97 bits per heavy atom. The van der Waals surface area contributed by atoms with Gasteiger partial charge in [0, 0.05) is 6.54 Å². The number of rotatable bonds is 4. The van der Waals surface area contributed by atoms with Crippen LogP contribution in [0.15, 0.2) is 41.4 Å². The molecule has 0 aromatic heterocycles. The Balaban J connectivity index is 1.56. The summed E-state index contributed by atoms with van der Waals surface area (Å²) in [5.41, 5.74) is 2.63. The Labute approximate surface area is 183 Å². The predicted octanol–water partition coefficient (Wildman–Crippen LogP) is 5.25. The second-order valence-electron chi connectivity index (χ2n) is 7.24. The lowest BCUT2D eigenvalue weighted by atomic mass is 9.88. The molecule has 0 atom stereocenters. The summed E-state index contributed by atoms with van der Waals surface area (Å²) in [5.74, 6) is 2.06. The van der Waals surface area contributed by atoms with E-state index in [1.807, 2.05) is 30.0 Å². The number of benzene rings is 2. The van der Waals surface area contributed by atoms with Crippen LogP contribution in [0.1, 0.15) is 28.8 Å². The average Bonchev–Trinajstić information content (AvgIpc) is 2.71. The van der Waals surface area contributed by atoms with Crippen molar-refractivity contribution in [2.45, 2.75) is 24.8 Å². The molecule has 4 rings (SSSR count). The van der Waals surface area contributed by atoms with E-state index in [0.717, 1.165) is 60.1 Å². The summed E-state index contributed by atoms with van der Waals surface area (Å²) in [5, 5.41) is 17.6. The lowest BCUT2D eigenvalue weighted by Gasteiger charge is -2.42. The van der Waals surface area contributed by atoms with Crippen LogP contribution < -0.4 is 10.6 Å². The van der Waals surface area contributed by atoms with Gasteiger partial charge < -0.3 is 15.7 Å². The largest absolute Gasteiger partial charge is 0.478 e. The molecule has 3 N–H and O–H groups in total. The van der Waals surface area contributed by atoms with Gasteiger partial charge in [0.25, 0.3) is 0 Å². The molecule has 2 aliphatic heterocycles. The van der Waals surface area contributed by atoms with Crippen molar-refractivity contribution >= 4 is 58.1 Å². The first kappa shape index (κ1) is 20.4. The van der Waals surface area contributed by atoms with Gasteiger partial charge in [-0.05, 0) is 66.7 Å². The molecule has 1 saturated heterocycles. The van der Waals surface area contributed by atoms with Gasteiger partial charge in [0.15, 0.2) is 0 Å². The first-order valence-electron chi connectivity index (χ1n) is 9.47. The highest BCUT2D eigenvalue weighted by atomic mass is 35.5. The van der Waals surface area contributed by atoms with Crippen molar-refractivity contribution in [3.63, 3.8) is 0 Å². The highest BCUT2D eigenvalue weighted by molar-refractivity contribution is 7.99. The van der Waals surface area contributed by atoms with E-state index >= 15 is 0 Å². The number of aliphatic imine (C=N–C) groups is 1. The van der Waals surface area contributed by atoms with Crippen molar-refractivity contribution in [1.82, 2.24) is 5.32 Å². The molecule has 0 radical (unpaired) electrons. The zero-order chi connectivity index (χ0) is 20.4. The number of amidine groups is 1. The van der Waals surface area contributed by atoms with Crippen LogP contribution in [0, 0.1) is 0 Å². The van der Waals surface area contributed by atoms with E-state index in [-0.39, 0.29) is 11.1 Å². The number of hydrogen-bond acceptors (Lipinski definition) is 5. The fourth-order valence-electron chi connectivity index (χ4n) is 3.72. The number of carboxylic acids is 1. The minimum absolute atomic E-state index is 0.266. The second kappa shape index (κ2) is 8.46. The van der Waals surface area contributed by atoms with Crippen LogP contribution in [0.3, 0.4) is 0 Å². The monoisotopic (exact) mass is 449 g/mol. The topological polar surface area (TPSA) is 73.7 Å². The molecular formula is C21H21Cl2N3O2S. The van der Waals surface area contributed by atoms with Crippen LogP contribution in [0.5, 0.6) is 0 Å². The van der Waals surface area contributed by atoms with Crippen LogP contribution >= 0.6 is 35.0 Å². The smallest absolute Gasteiger partial charge is 0.335 e. The summed E-state index contributed by atoms with van der Waals surface area (Å²) in [4.78, 5) is 16.2. The van der Waals surface area contributed by atoms with E-state index in [1.165, 1.54) is 0 Å². The van der Waals surface area contributed by atoms with Gasteiger partial charge in [-0.2, -0.15) is 11.8 Å². The molecule has 0 aliphatic carbocycles. The molecule has 152 valence electrons. The molecule has 5 nitrogen and oxygen atoms in total. The van der Waals surface area contributed by atoms with Crippen LogP contribution in [0.2, 0.25) is 10.0 Å². The fourth-order valence-corrected chi connectivity index (χ4v) is 5.23. The number of fused-ring (bicyclic) bond motifs is 1. The van der Waals surface area contributed by atoms with E-state index in [4.69, 9.17) is 28.2 Å². The summed E-state index contributed by atoms with van der Waals surface area (Å²) in [7, 11) is 0. The summed E-state index contributed by atoms with van der Waals surface area (Å²) >= 11 is 14.1. The average molecular weight is 450 g/mol. The number of nitrogens with one attached hydrogen (secondary N) is 2. The predicted molar refractivity (Wildman–Crippen MR) is 122 cm³/mol. The Bertz CT molecular complexity index is 974. The van der Waals surface area contributed by atoms with Gasteiger partial charge in [-0.1, -0.05) is 29.3 Å². The van der Waals surface area contributed by atoms with Gasteiger partial charge in [0.2, 0.25) is 0 Å². The molecule has 2 aliphatic rings. The zero-order valence-corrected chi connectivity index (χ0v) is 18.0. The number of thioether (sulfide) groups is 1. The standard InChI is InChI=1S/C21H21Cl2N3O2S/c22-15-3-1-13(11-16(15)23)5-8-24-20-21(6-9-29-10-7-21)26-18-12-14(19(27)28)2-4-17(18)25-20/h1-4,11-12,26H,5-10H2,(H,24,25)(H,27,28). The van der Waals surface area contributed by atoms with Crippen LogP contribution in [0.25, 0.3) is 0 Å². The normalized spacial score (nSPS) is 17.2. The number of carbonyl (C=O) groups is 1.